The molecule has 0 aromatic rings. The van der Waals surface area contributed by atoms with Crippen LogP contribution in [-0.2, 0) is 0 Å². The van der Waals surface area contributed by atoms with E-state index in [4.69, 9.17) is 0 Å². The van der Waals surface area contributed by atoms with Gasteiger partial charge in [-0.15, -0.1) is 0 Å². The molecule has 0 aromatic carbocycles. The van der Waals surface area contributed by atoms with Crippen molar-refractivity contribution < 1.29 is 13.2 Å². The normalized spacial score (nSPS) is 30.8. The van der Waals surface area contributed by atoms with E-state index >= 15 is 0 Å². The molecule has 0 aliphatic carbocycles. The lowest BCUT2D eigenvalue weighted by molar-refractivity contribution is -0.273. The van der Waals surface area contributed by atoms with E-state index in [0.29, 0.717) is 11.4 Å². The lowest BCUT2D eigenvalue weighted by Crippen LogP contribution is -2.64. The summed E-state index contributed by atoms with van der Waals surface area (Å²) in [5.41, 5.74) is -0.0780. The molecule has 0 amide bonds. The molecule has 0 saturated carbocycles. The van der Waals surface area contributed by atoms with Gasteiger partial charge < -0.3 is 0 Å². The Morgan fingerprint density at radius 2 is 1.25 bits per heavy atom. The Hall–Kier alpha value is -0.290. The summed E-state index contributed by atoms with van der Waals surface area (Å²) in [5.74, 6) is 0. The number of hydrogen-bond donors (Lipinski definition) is 0. The monoisotopic (exact) mass is 238 g/mol. The molecule has 0 aromatic heterocycles. The van der Waals surface area contributed by atoms with Crippen LogP contribution in [0, 0.1) is 0 Å². The third-order valence-electron chi connectivity index (χ3n) is 3.45. The molecule has 1 heterocycles. The molecule has 1 aliphatic rings. The predicted molar refractivity (Wildman–Crippen MR) is 58.1 cm³/mol. The molecule has 96 valence electrons. The van der Waals surface area contributed by atoms with E-state index in [1.165, 1.54) is 0 Å². The molecular weight excluding hydrogens is 217 g/mol. The molecule has 16 heavy (non-hydrogen) atoms. The van der Waals surface area contributed by atoms with Crippen LogP contribution < -0.4 is 0 Å². The highest BCUT2D eigenvalue weighted by atomic mass is 19.4. The van der Waals surface area contributed by atoms with Crippen molar-refractivity contribution in [2.75, 3.05) is 13.1 Å². The minimum absolute atomic E-state index is 0.0618. The number of alkyl halides is 3. The van der Waals surface area contributed by atoms with Crippen molar-refractivity contribution in [3.05, 3.63) is 0 Å². The van der Waals surface area contributed by atoms with Crippen LogP contribution in [0.5, 0.6) is 0 Å². The van der Waals surface area contributed by atoms with Gasteiger partial charge in [0, 0.05) is 30.7 Å². The Morgan fingerprint density at radius 3 is 1.62 bits per heavy atom. The largest absolute Gasteiger partial charge is 0.460 e. The molecule has 2 atom stereocenters. The van der Waals surface area contributed by atoms with E-state index in [0.717, 1.165) is 0 Å². The van der Waals surface area contributed by atoms with Crippen molar-refractivity contribution in [2.24, 2.45) is 0 Å². The van der Waals surface area contributed by atoms with Gasteiger partial charge in [0.15, 0.2) is 0 Å². The van der Waals surface area contributed by atoms with Crippen molar-refractivity contribution in [3.8, 4) is 0 Å². The number of halogens is 3. The standard InChI is InChI=1S/C11H21F3N2/c1-8-9(2)16(11(12,13)14)7-6-15(8)10(3,4)5/h8-9H,6-7H2,1-5H3/t8-,9+/m0/s1. The molecule has 1 saturated heterocycles. The molecule has 1 fully saturated rings. The minimum Gasteiger partial charge on any atom is -0.293 e. The minimum atomic E-state index is -4.21. The fourth-order valence-electron chi connectivity index (χ4n) is 2.45. The second kappa shape index (κ2) is 4.18. The van der Waals surface area contributed by atoms with Crippen LogP contribution in [0.15, 0.2) is 0 Å². The van der Waals surface area contributed by atoms with Gasteiger partial charge in [-0.3, -0.25) is 4.90 Å². The topological polar surface area (TPSA) is 6.48 Å². The zero-order chi connectivity index (χ0) is 12.7. The van der Waals surface area contributed by atoms with Crippen LogP contribution >= 0.6 is 0 Å². The Bertz CT molecular complexity index is 219. The van der Waals surface area contributed by atoms with E-state index in [1.54, 1.807) is 6.92 Å². The molecule has 1 rings (SSSR count). The van der Waals surface area contributed by atoms with Crippen LogP contribution in [0.1, 0.15) is 34.6 Å². The second-order valence-corrected chi connectivity index (χ2v) is 5.51. The van der Waals surface area contributed by atoms with Crippen LogP contribution in [0.25, 0.3) is 0 Å². The summed E-state index contributed by atoms with van der Waals surface area (Å²) in [7, 11) is 0. The molecule has 0 N–H and O–H groups in total. The van der Waals surface area contributed by atoms with Crippen LogP contribution in [0.2, 0.25) is 0 Å². The molecular formula is C11H21F3N2. The molecule has 5 heteroatoms. The van der Waals surface area contributed by atoms with E-state index in [9.17, 15) is 13.2 Å². The highest BCUT2D eigenvalue weighted by molar-refractivity contribution is 4.92. The van der Waals surface area contributed by atoms with Gasteiger partial charge in [-0.25, -0.2) is 4.90 Å². The quantitative estimate of drug-likeness (QED) is 0.599. The maximum absolute atomic E-state index is 12.7. The number of nitrogens with zero attached hydrogens (tertiary/aromatic N) is 2. The smallest absolute Gasteiger partial charge is 0.293 e. The lowest BCUT2D eigenvalue weighted by Gasteiger charge is -2.50. The van der Waals surface area contributed by atoms with Gasteiger partial charge in [0.05, 0.1) is 0 Å². The van der Waals surface area contributed by atoms with Gasteiger partial charge in [-0.05, 0) is 34.6 Å². The summed E-state index contributed by atoms with van der Waals surface area (Å²) in [4.78, 5) is 2.78. The Balaban J connectivity index is 2.81. The van der Waals surface area contributed by atoms with Gasteiger partial charge in [-0.1, -0.05) is 0 Å². The van der Waals surface area contributed by atoms with Crippen LogP contribution in [0.3, 0.4) is 0 Å². The number of rotatable bonds is 0. The first-order valence-corrected chi connectivity index (χ1v) is 5.65. The summed E-state index contributed by atoms with van der Waals surface area (Å²) in [5, 5.41) is 0. The van der Waals surface area contributed by atoms with Gasteiger partial charge in [0.1, 0.15) is 0 Å². The molecule has 0 spiro atoms. The van der Waals surface area contributed by atoms with E-state index in [1.807, 2.05) is 27.7 Å². The van der Waals surface area contributed by atoms with E-state index < -0.39 is 12.3 Å². The fourth-order valence-corrected chi connectivity index (χ4v) is 2.45. The summed E-state index contributed by atoms with van der Waals surface area (Å²) >= 11 is 0. The average Bonchev–Trinajstić information content (AvgIpc) is 2.05. The number of hydrogen-bond acceptors (Lipinski definition) is 2. The summed E-state index contributed by atoms with van der Waals surface area (Å²) in [6.45, 7) is 10.2. The maximum Gasteiger partial charge on any atom is 0.460 e. The van der Waals surface area contributed by atoms with Crippen LogP contribution in [0.4, 0.5) is 13.2 Å². The van der Waals surface area contributed by atoms with Gasteiger partial charge in [0.2, 0.25) is 0 Å². The van der Waals surface area contributed by atoms with E-state index in [-0.39, 0.29) is 18.1 Å². The third-order valence-corrected chi connectivity index (χ3v) is 3.45. The van der Waals surface area contributed by atoms with Gasteiger partial charge in [0.25, 0.3) is 0 Å². The SMILES string of the molecule is C[C@@H]1[C@H](C)N(C(C)(C)C)CCN1C(F)(F)F. The van der Waals surface area contributed by atoms with Crippen molar-refractivity contribution in [1.29, 1.82) is 0 Å². The van der Waals surface area contributed by atoms with Crippen LogP contribution in [-0.4, -0.2) is 46.8 Å². The van der Waals surface area contributed by atoms with Crippen molar-refractivity contribution in [3.63, 3.8) is 0 Å². The van der Waals surface area contributed by atoms with Crippen molar-refractivity contribution in [2.45, 2.75) is 58.5 Å². The Labute approximate surface area is 95.4 Å². The zero-order valence-electron chi connectivity index (χ0n) is 10.6. The Morgan fingerprint density at radius 1 is 0.875 bits per heavy atom. The average molecular weight is 238 g/mol. The number of piperazine rings is 1. The maximum atomic E-state index is 12.7. The third kappa shape index (κ3) is 2.69. The first-order valence-electron chi connectivity index (χ1n) is 5.65. The second-order valence-electron chi connectivity index (χ2n) is 5.51. The molecule has 2 nitrogen and oxygen atoms in total. The van der Waals surface area contributed by atoms with E-state index in [2.05, 4.69) is 4.90 Å². The zero-order valence-corrected chi connectivity index (χ0v) is 10.6. The molecule has 0 radical (unpaired) electrons. The lowest BCUT2D eigenvalue weighted by atomic mass is 9.97. The summed E-state index contributed by atoms with van der Waals surface area (Å²) in [6.07, 6.45) is -4.21. The Kier molecular flexibility index (Phi) is 3.60. The van der Waals surface area contributed by atoms with Gasteiger partial charge >= 0.3 is 6.30 Å². The summed E-state index contributed by atoms with van der Waals surface area (Å²) < 4.78 is 38.1. The highest BCUT2D eigenvalue weighted by Crippen LogP contribution is 2.31. The highest BCUT2D eigenvalue weighted by Gasteiger charge is 2.47. The summed E-state index contributed by atoms with van der Waals surface area (Å²) in [6, 6.07) is -0.580. The van der Waals surface area contributed by atoms with Gasteiger partial charge in [-0.2, -0.15) is 13.2 Å². The molecule has 0 unspecified atom stereocenters. The fraction of sp³-hybridized carbons (Fsp3) is 1.00. The predicted octanol–water partition coefficient (Wildman–Crippen LogP) is 2.70. The first kappa shape index (κ1) is 13.8. The molecule has 1 aliphatic heterocycles. The molecule has 0 bridgehead atoms. The van der Waals surface area contributed by atoms with Crippen molar-refractivity contribution >= 4 is 0 Å². The van der Waals surface area contributed by atoms with Crippen molar-refractivity contribution in [1.82, 2.24) is 9.80 Å². The first-order chi connectivity index (χ1) is 7.05.